The number of hydrogen-bond acceptors (Lipinski definition) is 0. The van der Waals surface area contributed by atoms with E-state index in [9.17, 15) is 0 Å². The Morgan fingerprint density at radius 1 is 1.00 bits per heavy atom. The van der Waals surface area contributed by atoms with Crippen LogP contribution in [0.5, 0.6) is 0 Å². The van der Waals surface area contributed by atoms with Crippen molar-refractivity contribution in [2.45, 2.75) is 20.3 Å². The van der Waals surface area contributed by atoms with Gasteiger partial charge in [0.25, 0.3) is 0 Å². The average Bonchev–Trinajstić information content (AvgIpc) is 2.38. The van der Waals surface area contributed by atoms with Gasteiger partial charge in [-0.15, -0.1) is 0 Å². The van der Waals surface area contributed by atoms with Gasteiger partial charge in [-0.3, -0.25) is 0 Å². The maximum absolute atomic E-state index is 4.24. The van der Waals surface area contributed by atoms with Crippen LogP contribution in [0.2, 0.25) is 0 Å². The van der Waals surface area contributed by atoms with E-state index in [4.69, 9.17) is 0 Å². The Morgan fingerprint density at radius 3 is 2.35 bits per heavy atom. The monoisotopic (exact) mass is 222 g/mol. The molecule has 0 saturated heterocycles. The first-order valence-corrected chi connectivity index (χ1v) is 6.07. The third-order valence-corrected chi connectivity index (χ3v) is 3.21. The lowest BCUT2D eigenvalue weighted by molar-refractivity contribution is 1.10. The van der Waals surface area contributed by atoms with E-state index >= 15 is 0 Å². The van der Waals surface area contributed by atoms with Crippen molar-refractivity contribution in [2.24, 2.45) is 0 Å². The molecule has 0 bridgehead atoms. The molecule has 2 aromatic carbocycles. The Balaban J connectivity index is 2.48. The van der Waals surface area contributed by atoms with Crippen molar-refractivity contribution in [1.29, 1.82) is 0 Å². The minimum absolute atomic E-state index is 1.05. The molecule has 0 aliphatic rings. The zero-order valence-corrected chi connectivity index (χ0v) is 10.5. The highest BCUT2D eigenvalue weighted by molar-refractivity contribution is 5.80. The normalized spacial score (nSPS) is 10.2. The molecule has 2 rings (SSSR count). The van der Waals surface area contributed by atoms with Crippen molar-refractivity contribution in [3.8, 4) is 0 Å². The molecule has 0 nitrogen and oxygen atoms in total. The summed E-state index contributed by atoms with van der Waals surface area (Å²) in [5.41, 5.74) is 6.35. The SMILES string of the molecule is C=C(c1ccccc1)c1cccc(C)c1CC. The molecule has 0 fully saturated rings. The summed E-state index contributed by atoms with van der Waals surface area (Å²) in [6.45, 7) is 8.61. The predicted octanol–water partition coefficient (Wildman–Crippen LogP) is 4.62. The molecule has 0 atom stereocenters. The zero-order valence-electron chi connectivity index (χ0n) is 10.5. The maximum Gasteiger partial charge on any atom is -0.0149 e. The van der Waals surface area contributed by atoms with Crippen LogP contribution in [0.25, 0.3) is 5.57 Å². The van der Waals surface area contributed by atoms with Crippen molar-refractivity contribution in [1.82, 2.24) is 0 Å². The highest BCUT2D eigenvalue weighted by atomic mass is 14.1. The molecule has 0 heteroatoms. The first-order valence-electron chi connectivity index (χ1n) is 6.07. The van der Waals surface area contributed by atoms with Crippen LogP contribution in [-0.2, 0) is 6.42 Å². The third kappa shape index (κ3) is 2.31. The van der Waals surface area contributed by atoms with E-state index in [1.807, 2.05) is 6.07 Å². The summed E-state index contributed by atoms with van der Waals surface area (Å²) in [5.74, 6) is 0. The minimum Gasteiger partial charge on any atom is -0.0905 e. The van der Waals surface area contributed by atoms with Gasteiger partial charge in [0.2, 0.25) is 0 Å². The van der Waals surface area contributed by atoms with Gasteiger partial charge < -0.3 is 0 Å². The smallest absolute Gasteiger partial charge is 0.0149 e. The van der Waals surface area contributed by atoms with Crippen LogP contribution in [0, 0.1) is 6.92 Å². The minimum atomic E-state index is 1.05. The standard InChI is InChI=1S/C17H18/c1-4-16-13(2)9-8-12-17(16)14(3)15-10-6-5-7-11-15/h5-12H,3-4H2,1-2H3. The van der Waals surface area contributed by atoms with E-state index in [2.05, 4.69) is 62.9 Å². The summed E-state index contributed by atoms with van der Waals surface area (Å²) in [6.07, 6.45) is 1.05. The molecule has 17 heavy (non-hydrogen) atoms. The molecule has 0 aromatic heterocycles. The maximum atomic E-state index is 4.24. The van der Waals surface area contributed by atoms with Crippen LogP contribution < -0.4 is 0 Å². The molecule has 0 aliphatic heterocycles. The largest absolute Gasteiger partial charge is 0.0905 e. The first kappa shape index (κ1) is 11.7. The lowest BCUT2D eigenvalue weighted by Crippen LogP contribution is -1.95. The molecular weight excluding hydrogens is 204 g/mol. The average molecular weight is 222 g/mol. The van der Waals surface area contributed by atoms with E-state index in [-0.39, 0.29) is 0 Å². The second-order valence-electron chi connectivity index (χ2n) is 4.30. The summed E-state index contributed by atoms with van der Waals surface area (Å²) in [5, 5.41) is 0. The Labute approximate surface area is 104 Å². The Kier molecular flexibility index (Phi) is 3.43. The van der Waals surface area contributed by atoms with Crippen LogP contribution in [0.4, 0.5) is 0 Å². The lowest BCUT2D eigenvalue weighted by atomic mass is 9.91. The van der Waals surface area contributed by atoms with Gasteiger partial charge in [-0.25, -0.2) is 0 Å². The molecule has 0 saturated carbocycles. The van der Waals surface area contributed by atoms with Gasteiger partial charge in [0.05, 0.1) is 0 Å². The fourth-order valence-corrected chi connectivity index (χ4v) is 2.25. The van der Waals surface area contributed by atoms with Gasteiger partial charge in [-0.2, -0.15) is 0 Å². The molecular formula is C17H18. The summed E-state index contributed by atoms with van der Waals surface area (Å²) in [6, 6.07) is 16.8. The molecule has 0 radical (unpaired) electrons. The van der Waals surface area contributed by atoms with Crippen LogP contribution in [-0.4, -0.2) is 0 Å². The summed E-state index contributed by atoms with van der Waals surface area (Å²) in [7, 11) is 0. The van der Waals surface area contributed by atoms with Crippen LogP contribution in [0.15, 0.2) is 55.1 Å². The van der Waals surface area contributed by atoms with Crippen LogP contribution >= 0.6 is 0 Å². The number of rotatable bonds is 3. The van der Waals surface area contributed by atoms with E-state index < -0.39 is 0 Å². The zero-order chi connectivity index (χ0) is 12.3. The number of hydrogen-bond donors (Lipinski definition) is 0. The van der Waals surface area contributed by atoms with Gasteiger partial charge in [0, 0.05) is 0 Å². The Morgan fingerprint density at radius 2 is 1.71 bits per heavy atom. The summed E-state index contributed by atoms with van der Waals surface area (Å²) in [4.78, 5) is 0. The molecule has 0 heterocycles. The highest BCUT2D eigenvalue weighted by Gasteiger charge is 2.08. The molecule has 86 valence electrons. The molecule has 0 N–H and O–H groups in total. The van der Waals surface area contributed by atoms with E-state index in [1.165, 1.54) is 22.3 Å². The Bertz CT molecular complexity index is 521. The van der Waals surface area contributed by atoms with Crippen molar-refractivity contribution >= 4 is 5.57 Å². The Hall–Kier alpha value is -1.82. The molecule has 0 amide bonds. The van der Waals surface area contributed by atoms with Crippen LogP contribution in [0.1, 0.15) is 29.2 Å². The summed E-state index contributed by atoms with van der Waals surface area (Å²) >= 11 is 0. The fraction of sp³-hybridized carbons (Fsp3) is 0.176. The van der Waals surface area contributed by atoms with Gasteiger partial charge in [-0.1, -0.05) is 62.0 Å². The first-order chi connectivity index (χ1) is 8.24. The number of benzene rings is 2. The van der Waals surface area contributed by atoms with E-state index in [1.54, 1.807) is 0 Å². The van der Waals surface area contributed by atoms with Crippen molar-refractivity contribution < 1.29 is 0 Å². The predicted molar refractivity (Wildman–Crippen MR) is 75.1 cm³/mol. The fourth-order valence-electron chi connectivity index (χ4n) is 2.25. The molecule has 0 unspecified atom stereocenters. The van der Waals surface area contributed by atoms with Gasteiger partial charge >= 0.3 is 0 Å². The van der Waals surface area contributed by atoms with E-state index in [0.29, 0.717) is 0 Å². The highest BCUT2D eigenvalue weighted by Crippen LogP contribution is 2.26. The summed E-state index contributed by atoms with van der Waals surface area (Å²) < 4.78 is 0. The molecule has 0 aliphatic carbocycles. The third-order valence-electron chi connectivity index (χ3n) is 3.21. The van der Waals surface area contributed by atoms with Crippen molar-refractivity contribution in [2.75, 3.05) is 0 Å². The molecule has 2 aromatic rings. The second kappa shape index (κ2) is 5.01. The quantitative estimate of drug-likeness (QED) is 0.711. The van der Waals surface area contributed by atoms with E-state index in [0.717, 1.165) is 12.0 Å². The van der Waals surface area contributed by atoms with Gasteiger partial charge in [0.1, 0.15) is 0 Å². The van der Waals surface area contributed by atoms with Crippen molar-refractivity contribution in [3.63, 3.8) is 0 Å². The van der Waals surface area contributed by atoms with Gasteiger partial charge in [0.15, 0.2) is 0 Å². The van der Waals surface area contributed by atoms with Gasteiger partial charge in [-0.05, 0) is 41.2 Å². The molecule has 0 spiro atoms. The van der Waals surface area contributed by atoms with Crippen LogP contribution in [0.3, 0.4) is 0 Å². The second-order valence-corrected chi connectivity index (χ2v) is 4.30. The number of aryl methyl sites for hydroxylation is 1. The van der Waals surface area contributed by atoms with Crippen molar-refractivity contribution in [3.05, 3.63) is 77.4 Å². The topological polar surface area (TPSA) is 0 Å². The lowest BCUT2D eigenvalue weighted by Gasteiger charge is -2.13.